The average Bonchev–Trinajstić information content (AvgIpc) is 3.21. The highest BCUT2D eigenvalue weighted by Gasteiger charge is 2.21. The largest absolute Gasteiger partial charge is 0.360 e. The molecule has 26 heavy (non-hydrogen) atoms. The molecule has 0 unspecified atom stereocenters. The molecular weight excluding hydrogens is 354 g/mol. The van der Waals surface area contributed by atoms with Gasteiger partial charge < -0.3 is 14.7 Å². The zero-order valence-corrected chi connectivity index (χ0v) is 15.6. The summed E-state index contributed by atoms with van der Waals surface area (Å²) in [7, 11) is 0. The standard InChI is InChI=1S/C17H21N5O3S/c1-12-9-15(20-25-12)19-16(23)10-21-5-7-22(8-6-21)17(24)4-3-14-11-26-13(2)18-14/h3-4,9,11H,5-8,10H2,1-2H3,(H,19,20,23)/b4-3+. The van der Waals surface area contributed by atoms with E-state index in [9.17, 15) is 9.59 Å². The summed E-state index contributed by atoms with van der Waals surface area (Å²) < 4.78 is 4.92. The smallest absolute Gasteiger partial charge is 0.246 e. The number of thiazole rings is 1. The van der Waals surface area contributed by atoms with Gasteiger partial charge in [-0.15, -0.1) is 11.3 Å². The molecule has 1 N–H and O–H groups in total. The van der Waals surface area contributed by atoms with Crippen LogP contribution in [0.5, 0.6) is 0 Å². The predicted octanol–water partition coefficient (Wildman–Crippen LogP) is 1.54. The number of aryl methyl sites for hydroxylation is 2. The monoisotopic (exact) mass is 375 g/mol. The van der Waals surface area contributed by atoms with Gasteiger partial charge in [0.15, 0.2) is 5.82 Å². The lowest BCUT2D eigenvalue weighted by Gasteiger charge is -2.33. The van der Waals surface area contributed by atoms with Crippen LogP contribution in [0, 0.1) is 13.8 Å². The van der Waals surface area contributed by atoms with Gasteiger partial charge in [-0.3, -0.25) is 14.5 Å². The number of piperazine rings is 1. The SMILES string of the molecule is Cc1cc(NC(=O)CN2CCN(C(=O)/C=C/c3csc(C)n3)CC2)no1. The Kier molecular flexibility index (Phi) is 5.79. The molecule has 0 bridgehead atoms. The molecule has 0 atom stereocenters. The van der Waals surface area contributed by atoms with Crippen LogP contribution >= 0.6 is 11.3 Å². The van der Waals surface area contributed by atoms with E-state index in [-0.39, 0.29) is 18.4 Å². The molecule has 0 saturated carbocycles. The van der Waals surface area contributed by atoms with Gasteiger partial charge in [0.1, 0.15) is 5.76 Å². The Morgan fingerprint density at radius 1 is 1.31 bits per heavy atom. The lowest BCUT2D eigenvalue weighted by molar-refractivity contribution is -0.127. The molecule has 1 fully saturated rings. The maximum Gasteiger partial charge on any atom is 0.246 e. The topological polar surface area (TPSA) is 91.6 Å². The van der Waals surface area contributed by atoms with E-state index >= 15 is 0 Å². The molecule has 0 aliphatic carbocycles. The number of anilines is 1. The number of hydrogen-bond acceptors (Lipinski definition) is 7. The Morgan fingerprint density at radius 2 is 2.08 bits per heavy atom. The Balaban J connectivity index is 1.42. The molecule has 0 spiro atoms. The summed E-state index contributed by atoms with van der Waals surface area (Å²) in [4.78, 5) is 32.4. The molecule has 0 aromatic carbocycles. The highest BCUT2D eigenvalue weighted by Crippen LogP contribution is 2.11. The first kappa shape index (κ1) is 18.3. The highest BCUT2D eigenvalue weighted by molar-refractivity contribution is 7.09. The summed E-state index contributed by atoms with van der Waals surface area (Å²) >= 11 is 1.56. The first-order valence-electron chi connectivity index (χ1n) is 8.34. The minimum absolute atomic E-state index is 0.0298. The number of carbonyl (C=O) groups is 2. The van der Waals surface area contributed by atoms with Crippen molar-refractivity contribution in [2.75, 3.05) is 38.0 Å². The average molecular weight is 375 g/mol. The fourth-order valence-electron chi connectivity index (χ4n) is 2.66. The number of nitrogens with one attached hydrogen (secondary N) is 1. The van der Waals surface area contributed by atoms with Crippen LogP contribution in [-0.2, 0) is 9.59 Å². The van der Waals surface area contributed by atoms with E-state index in [1.807, 2.05) is 17.2 Å². The summed E-state index contributed by atoms with van der Waals surface area (Å²) in [6.45, 7) is 6.46. The van der Waals surface area contributed by atoms with Crippen LogP contribution in [0.25, 0.3) is 6.08 Å². The van der Waals surface area contributed by atoms with Crippen molar-refractivity contribution in [3.8, 4) is 0 Å². The minimum atomic E-state index is -0.142. The minimum Gasteiger partial charge on any atom is -0.360 e. The van der Waals surface area contributed by atoms with Crippen LogP contribution in [-0.4, -0.2) is 64.5 Å². The predicted molar refractivity (Wildman–Crippen MR) is 98.8 cm³/mol. The van der Waals surface area contributed by atoms with Gasteiger partial charge in [-0.25, -0.2) is 4.98 Å². The van der Waals surface area contributed by atoms with Crippen LogP contribution < -0.4 is 5.32 Å². The van der Waals surface area contributed by atoms with Gasteiger partial charge in [-0.05, 0) is 19.9 Å². The van der Waals surface area contributed by atoms with Crippen molar-refractivity contribution in [3.63, 3.8) is 0 Å². The second-order valence-corrected chi connectivity index (χ2v) is 7.16. The molecule has 138 valence electrons. The third-order valence-electron chi connectivity index (χ3n) is 3.98. The third-order valence-corrected chi connectivity index (χ3v) is 4.77. The molecule has 2 aromatic heterocycles. The number of nitrogens with zero attached hydrogens (tertiary/aromatic N) is 4. The van der Waals surface area contributed by atoms with Crippen molar-refractivity contribution in [1.29, 1.82) is 0 Å². The number of hydrogen-bond donors (Lipinski definition) is 1. The number of amides is 2. The van der Waals surface area contributed by atoms with Crippen LogP contribution in [0.1, 0.15) is 16.5 Å². The molecule has 2 aromatic rings. The zero-order chi connectivity index (χ0) is 18.5. The van der Waals surface area contributed by atoms with E-state index in [1.165, 1.54) is 0 Å². The molecular formula is C17H21N5O3S. The van der Waals surface area contributed by atoms with E-state index < -0.39 is 0 Å². The van der Waals surface area contributed by atoms with Gasteiger partial charge in [-0.2, -0.15) is 0 Å². The Morgan fingerprint density at radius 3 is 2.69 bits per heavy atom. The summed E-state index contributed by atoms with van der Waals surface area (Å²) in [6, 6.07) is 1.67. The Hall–Kier alpha value is -2.52. The lowest BCUT2D eigenvalue weighted by atomic mass is 10.3. The van der Waals surface area contributed by atoms with Crippen LogP contribution in [0.4, 0.5) is 5.82 Å². The second kappa shape index (κ2) is 8.24. The zero-order valence-electron chi connectivity index (χ0n) is 14.8. The number of aromatic nitrogens is 2. The molecule has 1 aliphatic heterocycles. The van der Waals surface area contributed by atoms with Crippen molar-refractivity contribution < 1.29 is 14.1 Å². The maximum absolute atomic E-state index is 12.2. The molecule has 3 heterocycles. The van der Waals surface area contributed by atoms with E-state index in [0.29, 0.717) is 37.8 Å². The second-order valence-electron chi connectivity index (χ2n) is 6.10. The quantitative estimate of drug-likeness (QED) is 0.797. The summed E-state index contributed by atoms with van der Waals surface area (Å²) in [6.07, 6.45) is 3.30. The molecule has 0 radical (unpaired) electrons. The van der Waals surface area contributed by atoms with Crippen molar-refractivity contribution in [2.24, 2.45) is 0 Å². The van der Waals surface area contributed by atoms with Crippen LogP contribution in [0.3, 0.4) is 0 Å². The first-order valence-corrected chi connectivity index (χ1v) is 9.22. The molecule has 9 heteroatoms. The van der Waals surface area contributed by atoms with Crippen molar-refractivity contribution in [3.05, 3.63) is 34.0 Å². The van der Waals surface area contributed by atoms with Gasteiger partial charge in [0, 0.05) is 43.7 Å². The van der Waals surface area contributed by atoms with Gasteiger partial charge >= 0.3 is 0 Å². The number of carbonyl (C=O) groups excluding carboxylic acids is 2. The lowest BCUT2D eigenvalue weighted by Crippen LogP contribution is -2.50. The first-order chi connectivity index (χ1) is 12.5. The molecule has 8 nitrogen and oxygen atoms in total. The molecule has 3 rings (SSSR count). The Labute approximate surface area is 155 Å². The van der Waals surface area contributed by atoms with Crippen molar-refractivity contribution in [1.82, 2.24) is 19.9 Å². The molecule has 1 aliphatic rings. The van der Waals surface area contributed by atoms with Crippen LogP contribution in [0.15, 0.2) is 22.0 Å². The molecule has 2 amide bonds. The summed E-state index contributed by atoms with van der Waals surface area (Å²) in [5, 5.41) is 9.34. The van der Waals surface area contributed by atoms with Crippen LogP contribution in [0.2, 0.25) is 0 Å². The van der Waals surface area contributed by atoms with E-state index in [2.05, 4.69) is 15.5 Å². The van der Waals surface area contributed by atoms with E-state index in [4.69, 9.17) is 4.52 Å². The highest BCUT2D eigenvalue weighted by atomic mass is 32.1. The van der Waals surface area contributed by atoms with Crippen molar-refractivity contribution in [2.45, 2.75) is 13.8 Å². The van der Waals surface area contributed by atoms with E-state index in [0.717, 1.165) is 10.7 Å². The van der Waals surface area contributed by atoms with E-state index in [1.54, 1.807) is 41.4 Å². The Bertz CT molecular complexity index is 805. The van der Waals surface area contributed by atoms with Gasteiger partial charge in [0.2, 0.25) is 11.8 Å². The number of rotatable bonds is 5. The maximum atomic E-state index is 12.2. The fraction of sp³-hybridized carbons (Fsp3) is 0.412. The van der Waals surface area contributed by atoms with Gasteiger partial charge in [-0.1, -0.05) is 5.16 Å². The third kappa shape index (κ3) is 4.99. The van der Waals surface area contributed by atoms with Gasteiger partial charge in [0.25, 0.3) is 0 Å². The summed E-state index contributed by atoms with van der Waals surface area (Å²) in [5.74, 6) is 0.895. The fourth-order valence-corrected chi connectivity index (χ4v) is 3.24. The normalized spacial score (nSPS) is 15.5. The summed E-state index contributed by atoms with van der Waals surface area (Å²) in [5.41, 5.74) is 0.805. The van der Waals surface area contributed by atoms with Gasteiger partial charge in [0.05, 0.1) is 17.2 Å². The van der Waals surface area contributed by atoms with Crippen molar-refractivity contribution >= 4 is 35.0 Å². The molecule has 1 saturated heterocycles.